The molecule has 1 atom stereocenters. The average Bonchev–Trinajstić information content (AvgIpc) is 3.13. The van der Waals surface area contributed by atoms with Gasteiger partial charge in [-0.15, -0.1) is 0 Å². The maximum absolute atomic E-state index is 12.2. The van der Waals surface area contributed by atoms with Crippen molar-refractivity contribution in [1.29, 1.82) is 0 Å². The van der Waals surface area contributed by atoms with Crippen molar-refractivity contribution in [3.8, 4) is 11.5 Å². The van der Waals surface area contributed by atoms with Crippen LogP contribution < -0.4 is 31.4 Å². The third kappa shape index (κ3) is 4.63. The minimum absolute atomic E-state index is 0.0907. The fourth-order valence-electron chi connectivity index (χ4n) is 2.64. The molecule has 10 heteroatoms. The maximum atomic E-state index is 12.2. The van der Waals surface area contributed by atoms with E-state index in [2.05, 4.69) is 16.2 Å². The van der Waals surface area contributed by atoms with Crippen LogP contribution in [0.3, 0.4) is 0 Å². The van der Waals surface area contributed by atoms with Crippen molar-refractivity contribution in [2.24, 2.45) is 5.73 Å². The first-order valence-corrected chi connectivity index (χ1v) is 8.61. The van der Waals surface area contributed by atoms with Crippen molar-refractivity contribution in [1.82, 2.24) is 16.2 Å². The molecule has 1 aliphatic rings. The molecule has 0 saturated heterocycles. The molecule has 146 valence electrons. The second-order valence-electron chi connectivity index (χ2n) is 5.86. The second-order valence-corrected chi connectivity index (χ2v) is 6.26. The highest BCUT2D eigenvalue weighted by Crippen LogP contribution is 2.32. The van der Waals surface area contributed by atoms with E-state index in [1.807, 2.05) is 0 Å². The van der Waals surface area contributed by atoms with Crippen LogP contribution in [0, 0.1) is 0 Å². The Balaban J connectivity index is 1.60. The monoisotopic (exact) mass is 404 g/mol. The van der Waals surface area contributed by atoms with Gasteiger partial charge in [-0.3, -0.25) is 20.4 Å². The zero-order valence-electron chi connectivity index (χ0n) is 14.5. The standard InChI is InChI=1S/C18H17ClN4O5/c19-12-4-2-1-3-11(12)13(21-18(20)26)8-16(24)22-23-17(25)10-5-6-14-15(7-10)28-9-27-14/h1-7,13H,8-9H2,(H,22,24)(H,23,25)(H3,20,21,26). The lowest BCUT2D eigenvalue weighted by Crippen LogP contribution is -2.44. The van der Waals surface area contributed by atoms with Gasteiger partial charge in [0.2, 0.25) is 12.7 Å². The molecule has 2 aromatic carbocycles. The Bertz CT molecular complexity index is 921. The van der Waals surface area contributed by atoms with Crippen LogP contribution in [0.5, 0.6) is 11.5 Å². The van der Waals surface area contributed by atoms with Gasteiger partial charge in [0.25, 0.3) is 5.91 Å². The van der Waals surface area contributed by atoms with Crippen molar-refractivity contribution in [3.63, 3.8) is 0 Å². The fraction of sp³-hybridized carbons (Fsp3) is 0.167. The molecule has 0 fully saturated rings. The first-order valence-electron chi connectivity index (χ1n) is 8.23. The van der Waals surface area contributed by atoms with Gasteiger partial charge >= 0.3 is 6.03 Å². The number of nitrogens with one attached hydrogen (secondary N) is 3. The number of hydrogen-bond donors (Lipinski definition) is 4. The first kappa shape index (κ1) is 19.3. The molecule has 0 radical (unpaired) electrons. The minimum atomic E-state index is -0.804. The lowest BCUT2D eigenvalue weighted by molar-refractivity contribution is -0.122. The zero-order chi connectivity index (χ0) is 20.1. The molecule has 2 aromatic rings. The van der Waals surface area contributed by atoms with E-state index in [0.29, 0.717) is 22.1 Å². The van der Waals surface area contributed by atoms with Crippen LogP contribution in [0.2, 0.25) is 5.02 Å². The summed E-state index contributed by atoms with van der Waals surface area (Å²) in [5.41, 5.74) is 10.6. The van der Waals surface area contributed by atoms with E-state index < -0.39 is 23.9 Å². The number of urea groups is 1. The summed E-state index contributed by atoms with van der Waals surface area (Å²) >= 11 is 6.12. The normalized spacial score (nSPS) is 12.8. The number of ether oxygens (including phenoxy) is 2. The maximum Gasteiger partial charge on any atom is 0.312 e. The average molecular weight is 405 g/mol. The van der Waals surface area contributed by atoms with Crippen LogP contribution in [-0.4, -0.2) is 24.6 Å². The summed E-state index contributed by atoms with van der Waals surface area (Å²) in [6.07, 6.45) is -0.186. The molecule has 0 aliphatic carbocycles. The first-order chi connectivity index (χ1) is 13.4. The number of carbonyl (C=O) groups is 3. The predicted octanol–water partition coefficient (Wildman–Crippen LogP) is 1.63. The fourth-order valence-corrected chi connectivity index (χ4v) is 2.91. The molecule has 3 rings (SSSR count). The molecule has 5 N–H and O–H groups in total. The summed E-state index contributed by atoms with van der Waals surface area (Å²) in [4.78, 5) is 35.7. The summed E-state index contributed by atoms with van der Waals surface area (Å²) in [5, 5.41) is 2.84. The number of primary amides is 1. The van der Waals surface area contributed by atoms with Gasteiger partial charge in [0.1, 0.15) is 0 Å². The highest BCUT2D eigenvalue weighted by Gasteiger charge is 2.21. The van der Waals surface area contributed by atoms with Crippen molar-refractivity contribution in [2.45, 2.75) is 12.5 Å². The largest absolute Gasteiger partial charge is 0.454 e. The van der Waals surface area contributed by atoms with E-state index >= 15 is 0 Å². The van der Waals surface area contributed by atoms with E-state index in [0.717, 1.165) is 0 Å². The number of benzene rings is 2. The van der Waals surface area contributed by atoms with Crippen molar-refractivity contribution >= 4 is 29.4 Å². The molecule has 0 bridgehead atoms. The van der Waals surface area contributed by atoms with Crippen molar-refractivity contribution in [3.05, 3.63) is 58.6 Å². The number of carbonyl (C=O) groups excluding carboxylic acids is 3. The highest BCUT2D eigenvalue weighted by molar-refractivity contribution is 6.31. The number of rotatable bonds is 5. The van der Waals surface area contributed by atoms with Gasteiger partial charge in [0.05, 0.1) is 12.5 Å². The number of hydrazine groups is 1. The van der Waals surface area contributed by atoms with E-state index in [1.165, 1.54) is 12.1 Å². The van der Waals surface area contributed by atoms with Crippen molar-refractivity contribution in [2.75, 3.05) is 6.79 Å². The Morgan fingerprint density at radius 3 is 2.57 bits per heavy atom. The van der Waals surface area contributed by atoms with Crippen LogP contribution in [0.25, 0.3) is 0 Å². The van der Waals surface area contributed by atoms with Crippen LogP contribution in [0.4, 0.5) is 4.79 Å². The van der Waals surface area contributed by atoms with Crippen LogP contribution in [0.1, 0.15) is 28.4 Å². The number of amides is 4. The van der Waals surface area contributed by atoms with Gasteiger partial charge in [-0.1, -0.05) is 29.8 Å². The van der Waals surface area contributed by atoms with E-state index in [1.54, 1.807) is 30.3 Å². The molecule has 9 nitrogen and oxygen atoms in total. The molecule has 28 heavy (non-hydrogen) atoms. The van der Waals surface area contributed by atoms with Gasteiger partial charge in [0, 0.05) is 10.6 Å². The quantitative estimate of drug-likeness (QED) is 0.562. The van der Waals surface area contributed by atoms with Gasteiger partial charge in [-0.2, -0.15) is 0 Å². The lowest BCUT2D eigenvalue weighted by Gasteiger charge is -2.19. The number of hydrogen-bond acceptors (Lipinski definition) is 5. The lowest BCUT2D eigenvalue weighted by atomic mass is 10.0. The molecule has 0 saturated carbocycles. The predicted molar refractivity (Wildman–Crippen MR) is 99.7 cm³/mol. The summed E-state index contributed by atoms with van der Waals surface area (Å²) < 4.78 is 10.4. The van der Waals surface area contributed by atoms with Gasteiger partial charge < -0.3 is 20.5 Å². The molecule has 1 aliphatic heterocycles. The summed E-state index contributed by atoms with van der Waals surface area (Å²) in [6, 6.07) is 9.82. The minimum Gasteiger partial charge on any atom is -0.454 e. The Morgan fingerprint density at radius 2 is 1.82 bits per heavy atom. The SMILES string of the molecule is NC(=O)NC(CC(=O)NNC(=O)c1ccc2c(c1)OCO2)c1ccccc1Cl. The Hall–Kier alpha value is -3.46. The Labute approximate surface area is 165 Å². The van der Waals surface area contributed by atoms with E-state index in [9.17, 15) is 14.4 Å². The summed E-state index contributed by atoms with van der Waals surface area (Å²) in [7, 11) is 0. The molecular weight excluding hydrogens is 388 g/mol. The topological polar surface area (TPSA) is 132 Å². The van der Waals surface area contributed by atoms with Crippen molar-refractivity contribution < 1.29 is 23.9 Å². The van der Waals surface area contributed by atoms with Gasteiger partial charge in [0.15, 0.2) is 11.5 Å². The van der Waals surface area contributed by atoms with Crippen LogP contribution in [0.15, 0.2) is 42.5 Å². The summed E-state index contributed by atoms with van der Waals surface area (Å²) in [5.74, 6) is -0.0966. The number of nitrogens with two attached hydrogens (primary N) is 1. The number of halogens is 1. The molecule has 0 spiro atoms. The summed E-state index contributed by atoms with van der Waals surface area (Å²) in [6.45, 7) is 0.0907. The molecule has 0 aromatic heterocycles. The second kappa shape index (κ2) is 8.49. The Kier molecular flexibility index (Phi) is 5.85. The Morgan fingerprint density at radius 1 is 1.07 bits per heavy atom. The molecular formula is C18H17ClN4O5. The van der Waals surface area contributed by atoms with Crippen LogP contribution >= 0.6 is 11.6 Å². The number of fused-ring (bicyclic) bond motifs is 1. The zero-order valence-corrected chi connectivity index (χ0v) is 15.3. The molecule has 4 amide bonds. The highest BCUT2D eigenvalue weighted by atomic mass is 35.5. The smallest absolute Gasteiger partial charge is 0.312 e. The third-order valence-electron chi connectivity index (χ3n) is 3.94. The van der Waals surface area contributed by atoms with E-state index in [4.69, 9.17) is 26.8 Å². The van der Waals surface area contributed by atoms with Gasteiger partial charge in [-0.05, 0) is 29.8 Å². The molecule has 1 heterocycles. The van der Waals surface area contributed by atoms with Gasteiger partial charge in [-0.25, -0.2) is 4.79 Å². The van der Waals surface area contributed by atoms with Crippen LogP contribution in [-0.2, 0) is 4.79 Å². The van der Waals surface area contributed by atoms with E-state index in [-0.39, 0.29) is 18.8 Å². The third-order valence-corrected chi connectivity index (χ3v) is 4.28. The molecule has 1 unspecified atom stereocenters.